The molecular weight excluding hydrogens is 318 g/mol. The minimum Gasteiger partial charge on any atom is -0.503 e. The highest BCUT2D eigenvalue weighted by Gasteiger charge is 2.37. The Morgan fingerprint density at radius 3 is 2.38 bits per heavy atom. The summed E-state index contributed by atoms with van der Waals surface area (Å²) in [4.78, 5) is 26.5. The van der Waals surface area contributed by atoms with Crippen molar-refractivity contribution in [1.82, 2.24) is 10.2 Å². The Morgan fingerprint density at radius 1 is 1.12 bits per heavy atom. The molecule has 2 amide bonds. The lowest BCUT2D eigenvalue weighted by Gasteiger charge is -2.31. The molecule has 0 aromatic heterocycles. The van der Waals surface area contributed by atoms with Gasteiger partial charge >= 0.3 is 0 Å². The zero-order valence-corrected chi connectivity index (χ0v) is 13.2. The number of likely N-dealkylation sites (tertiary alicyclic amines) is 1. The average Bonchev–Trinajstić information content (AvgIpc) is 2.93. The van der Waals surface area contributed by atoms with Crippen molar-refractivity contribution in [2.45, 2.75) is 50.6 Å². The summed E-state index contributed by atoms with van der Waals surface area (Å²) in [5.74, 6) is -4.39. The number of carbonyl (C=O) groups is 2. The van der Waals surface area contributed by atoms with Crippen LogP contribution < -0.4 is 5.32 Å². The van der Waals surface area contributed by atoms with Crippen LogP contribution in [0.15, 0.2) is 12.1 Å². The van der Waals surface area contributed by atoms with Crippen molar-refractivity contribution in [3.8, 4) is 5.75 Å². The predicted octanol–water partition coefficient (Wildman–Crippen LogP) is 2.33. The number of hydrogen-bond donors (Lipinski definition) is 2. The number of phenolic OH excluding ortho intramolecular Hbond substituents is 1. The van der Waals surface area contributed by atoms with E-state index in [1.165, 1.54) is 6.42 Å². The fourth-order valence-electron chi connectivity index (χ4n) is 3.53. The summed E-state index contributed by atoms with van der Waals surface area (Å²) >= 11 is 0. The van der Waals surface area contributed by atoms with E-state index in [2.05, 4.69) is 5.32 Å². The minimum atomic E-state index is -1.21. The van der Waals surface area contributed by atoms with Crippen LogP contribution in [-0.4, -0.2) is 40.4 Å². The molecule has 1 aliphatic carbocycles. The molecule has 1 heterocycles. The predicted molar refractivity (Wildman–Crippen MR) is 82.5 cm³/mol. The third-order valence-electron chi connectivity index (χ3n) is 4.84. The van der Waals surface area contributed by atoms with Gasteiger partial charge in [-0.2, -0.15) is 0 Å². The van der Waals surface area contributed by atoms with Crippen LogP contribution in [0.4, 0.5) is 8.78 Å². The van der Waals surface area contributed by atoms with E-state index in [4.69, 9.17) is 5.11 Å². The first-order valence-electron chi connectivity index (χ1n) is 8.26. The fraction of sp³-hybridized carbons (Fsp3) is 0.529. The van der Waals surface area contributed by atoms with Gasteiger partial charge in [0.1, 0.15) is 6.04 Å². The minimum absolute atomic E-state index is 0.130. The zero-order valence-electron chi connectivity index (χ0n) is 13.2. The molecular formula is C17H20F2N2O3. The lowest BCUT2D eigenvalue weighted by molar-refractivity contribution is -0.131. The molecule has 1 aromatic rings. The number of benzene rings is 1. The maximum Gasteiger partial charge on any atom is 0.252 e. The Labute approximate surface area is 138 Å². The van der Waals surface area contributed by atoms with Gasteiger partial charge in [-0.25, -0.2) is 8.78 Å². The monoisotopic (exact) mass is 338 g/mol. The van der Waals surface area contributed by atoms with Crippen molar-refractivity contribution in [3.05, 3.63) is 29.3 Å². The molecule has 1 saturated heterocycles. The van der Waals surface area contributed by atoms with Crippen LogP contribution >= 0.6 is 0 Å². The number of carbonyl (C=O) groups excluding carboxylic acids is 2. The number of phenols is 1. The average molecular weight is 338 g/mol. The second-order valence-corrected chi connectivity index (χ2v) is 6.43. The molecule has 1 unspecified atom stereocenters. The van der Waals surface area contributed by atoms with Gasteiger partial charge in [0.15, 0.2) is 17.4 Å². The molecule has 24 heavy (non-hydrogen) atoms. The first-order chi connectivity index (χ1) is 11.5. The van der Waals surface area contributed by atoms with Crippen LogP contribution in [0.5, 0.6) is 5.75 Å². The zero-order chi connectivity index (χ0) is 17.3. The molecule has 0 bridgehead atoms. The molecule has 2 aliphatic rings. The van der Waals surface area contributed by atoms with Gasteiger partial charge < -0.3 is 15.3 Å². The first-order valence-corrected chi connectivity index (χ1v) is 8.26. The van der Waals surface area contributed by atoms with Crippen LogP contribution in [0.2, 0.25) is 0 Å². The lowest BCUT2D eigenvalue weighted by atomic mass is 9.94. The van der Waals surface area contributed by atoms with Crippen molar-refractivity contribution in [3.63, 3.8) is 0 Å². The number of rotatable bonds is 3. The highest BCUT2D eigenvalue weighted by molar-refractivity contribution is 5.98. The van der Waals surface area contributed by atoms with Gasteiger partial charge in [0.25, 0.3) is 5.91 Å². The van der Waals surface area contributed by atoms with Crippen LogP contribution in [0.25, 0.3) is 0 Å². The molecule has 1 aliphatic heterocycles. The molecule has 1 saturated carbocycles. The van der Waals surface area contributed by atoms with Crippen molar-refractivity contribution in [2.24, 2.45) is 0 Å². The summed E-state index contributed by atoms with van der Waals surface area (Å²) in [5.41, 5.74) is -0.258. The molecule has 0 spiro atoms. The number of halogens is 2. The quantitative estimate of drug-likeness (QED) is 0.889. The highest BCUT2D eigenvalue weighted by Crippen LogP contribution is 2.27. The maximum absolute atomic E-state index is 13.4. The Morgan fingerprint density at radius 2 is 1.75 bits per heavy atom. The Bertz CT molecular complexity index is 636. The van der Waals surface area contributed by atoms with E-state index in [9.17, 15) is 18.4 Å². The highest BCUT2D eigenvalue weighted by atomic mass is 19.1. The van der Waals surface area contributed by atoms with Crippen molar-refractivity contribution >= 4 is 11.8 Å². The van der Waals surface area contributed by atoms with E-state index >= 15 is 0 Å². The summed E-state index contributed by atoms with van der Waals surface area (Å²) in [6.07, 6.45) is 5.87. The van der Waals surface area contributed by atoms with Crippen LogP contribution in [0, 0.1) is 11.6 Å². The maximum atomic E-state index is 13.4. The standard InChI is InChI=1S/C17H20F2N2O3/c18-12-8-10(9-13(19)15(12)22)16(23)20-14-6-7-21(17(14)24)11-4-2-1-3-5-11/h8-9,11,14,22H,1-7H2,(H,20,23). The van der Waals surface area contributed by atoms with Crippen molar-refractivity contribution < 1.29 is 23.5 Å². The summed E-state index contributed by atoms with van der Waals surface area (Å²) in [6, 6.07) is 1.08. The molecule has 2 N–H and O–H groups in total. The van der Waals surface area contributed by atoms with Gasteiger partial charge in [0, 0.05) is 18.2 Å². The molecule has 0 radical (unpaired) electrons. The third-order valence-corrected chi connectivity index (χ3v) is 4.84. The Hall–Kier alpha value is -2.18. The summed E-state index contributed by atoms with van der Waals surface area (Å²) in [6.45, 7) is 0.590. The Balaban J connectivity index is 1.66. The van der Waals surface area contributed by atoms with Crippen LogP contribution in [-0.2, 0) is 4.79 Å². The third kappa shape index (κ3) is 3.20. The second-order valence-electron chi connectivity index (χ2n) is 6.43. The van der Waals surface area contributed by atoms with E-state index < -0.39 is 29.3 Å². The summed E-state index contributed by atoms with van der Waals surface area (Å²) in [7, 11) is 0. The van der Waals surface area contributed by atoms with E-state index in [0.717, 1.165) is 37.8 Å². The fourth-order valence-corrected chi connectivity index (χ4v) is 3.53. The molecule has 7 heteroatoms. The van der Waals surface area contributed by atoms with Crippen LogP contribution in [0.3, 0.4) is 0 Å². The van der Waals surface area contributed by atoms with Gasteiger partial charge in [-0.05, 0) is 31.4 Å². The van der Waals surface area contributed by atoms with E-state index in [1.54, 1.807) is 0 Å². The Kier molecular flexibility index (Phi) is 4.69. The number of nitrogens with one attached hydrogen (secondary N) is 1. The molecule has 5 nitrogen and oxygen atoms in total. The van der Waals surface area contributed by atoms with Gasteiger partial charge in [0.2, 0.25) is 5.91 Å². The summed E-state index contributed by atoms with van der Waals surface area (Å²) < 4.78 is 26.7. The first kappa shape index (κ1) is 16.7. The van der Waals surface area contributed by atoms with E-state index in [-0.39, 0.29) is 17.5 Å². The number of hydrogen-bond acceptors (Lipinski definition) is 3. The lowest BCUT2D eigenvalue weighted by Crippen LogP contribution is -2.45. The van der Waals surface area contributed by atoms with Gasteiger partial charge in [-0.15, -0.1) is 0 Å². The van der Waals surface area contributed by atoms with Gasteiger partial charge in [-0.3, -0.25) is 9.59 Å². The van der Waals surface area contributed by atoms with E-state index in [1.807, 2.05) is 4.90 Å². The normalized spacial score (nSPS) is 22.0. The second kappa shape index (κ2) is 6.75. The molecule has 1 aromatic carbocycles. The smallest absolute Gasteiger partial charge is 0.252 e. The van der Waals surface area contributed by atoms with Crippen molar-refractivity contribution in [2.75, 3.05) is 6.54 Å². The molecule has 3 rings (SSSR count). The molecule has 130 valence electrons. The number of aromatic hydroxyl groups is 1. The largest absolute Gasteiger partial charge is 0.503 e. The SMILES string of the molecule is O=C(NC1CCN(C2CCCCC2)C1=O)c1cc(F)c(O)c(F)c1. The molecule has 2 fully saturated rings. The van der Waals surface area contributed by atoms with Gasteiger partial charge in [-0.1, -0.05) is 19.3 Å². The van der Waals surface area contributed by atoms with Gasteiger partial charge in [0.05, 0.1) is 0 Å². The van der Waals surface area contributed by atoms with Crippen LogP contribution in [0.1, 0.15) is 48.9 Å². The van der Waals surface area contributed by atoms with Crippen molar-refractivity contribution in [1.29, 1.82) is 0 Å². The molecule has 1 atom stereocenters. The van der Waals surface area contributed by atoms with E-state index in [0.29, 0.717) is 13.0 Å². The topological polar surface area (TPSA) is 69.6 Å². The number of amides is 2. The number of nitrogens with zero attached hydrogens (tertiary/aromatic N) is 1. The summed E-state index contributed by atoms with van der Waals surface area (Å²) in [5, 5.41) is 11.6.